The molecule has 0 unspecified atom stereocenters. The van der Waals surface area contributed by atoms with Gasteiger partial charge in [-0.05, 0) is 31.1 Å². The van der Waals surface area contributed by atoms with Gasteiger partial charge in [-0.2, -0.15) is 0 Å². The fraction of sp³-hybridized carbons (Fsp3) is 0.800. The lowest BCUT2D eigenvalue weighted by atomic mass is 9.84. The van der Waals surface area contributed by atoms with E-state index in [1.807, 2.05) is 0 Å². The SMILES string of the molecule is C=C(C[C@@H](C)/N=C(\C)C(C)(C)C)C(C)(C)C. The number of hydrogen-bond acceptors (Lipinski definition) is 1. The standard InChI is InChI=1S/C15H29N/c1-11(14(4,5)6)10-12(2)16-13(3)15(7,8)9/h12H,1,10H2,2-9H3/b16-13+/t12-/m1/s1. The topological polar surface area (TPSA) is 12.4 Å². The highest BCUT2D eigenvalue weighted by atomic mass is 14.8. The van der Waals surface area contributed by atoms with E-state index in [1.165, 1.54) is 11.3 Å². The van der Waals surface area contributed by atoms with Crippen LogP contribution in [0.2, 0.25) is 0 Å². The van der Waals surface area contributed by atoms with Gasteiger partial charge in [-0.3, -0.25) is 4.99 Å². The Balaban J connectivity index is 4.52. The molecule has 0 heterocycles. The third kappa shape index (κ3) is 5.48. The highest BCUT2D eigenvalue weighted by Gasteiger charge is 2.19. The second-order valence-electron chi connectivity index (χ2n) is 6.87. The van der Waals surface area contributed by atoms with Crippen molar-refractivity contribution >= 4 is 5.71 Å². The first-order chi connectivity index (χ1) is 6.94. The lowest BCUT2D eigenvalue weighted by molar-refractivity contribution is 0.470. The summed E-state index contributed by atoms with van der Waals surface area (Å²) in [6, 6.07) is 0.339. The van der Waals surface area contributed by atoms with Crippen LogP contribution in [-0.2, 0) is 0 Å². The molecule has 0 spiro atoms. The fourth-order valence-corrected chi connectivity index (χ4v) is 1.23. The van der Waals surface area contributed by atoms with Gasteiger partial charge < -0.3 is 0 Å². The second-order valence-corrected chi connectivity index (χ2v) is 6.87. The van der Waals surface area contributed by atoms with Crippen molar-refractivity contribution in [1.82, 2.24) is 0 Å². The molecular formula is C15H29N. The molecule has 0 radical (unpaired) electrons. The Morgan fingerprint density at radius 3 is 1.81 bits per heavy atom. The van der Waals surface area contributed by atoms with Crippen molar-refractivity contribution in [2.45, 2.75) is 67.9 Å². The summed E-state index contributed by atoms with van der Waals surface area (Å²) in [6.45, 7) is 21.7. The van der Waals surface area contributed by atoms with Crippen LogP contribution < -0.4 is 0 Å². The van der Waals surface area contributed by atoms with Gasteiger partial charge in [-0.25, -0.2) is 0 Å². The summed E-state index contributed by atoms with van der Waals surface area (Å²) in [4.78, 5) is 4.76. The maximum absolute atomic E-state index is 4.76. The first-order valence-electron chi connectivity index (χ1n) is 6.17. The molecule has 0 aliphatic heterocycles. The molecule has 0 aliphatic rings. The molecule has 0 rings (SSSR count). The van der Waals surface area contributed by atoms with Crippen LogP contribution in [0.4, 0.5) is 0 Å². The summed E-state index contributed by atoms with van der Waals surface area (Å²) in [5.74, 6) is 0. The van der Waals surface area contributed by atoms with Crippen LogP contribution in [0.15, 0.2) is 17.1 Å². The van der Waals surface area contributed by atoms with Gasteiger partial charge in [0.25, 0.3) is 0 Å². The predicted octanol–water partition coefficient (Wildman–Crippen LogP) is 4.87. The highest BCUT2D eigenvalue weighted by Crippen LogP contribution is 2.28. The van der Waals surface area contributed by atoms with E-state index in [-0.39, 0.29) is 10.8 Å². The summed E-state index contributed by atoms with van der Waals surface area (Å²) in [7, 11) is 0. The minimum Gasteiger partial charge on any atom is -0.291 e. The smallest absolute Gasteiger partial charge is 0.0508 e. The molecule has 0 amide bonds. The Kier molecular flexibility index (Phi) is 4.97. The zero-order valence-corrected chi connectivity index (χ0v) is 12.4. The Bertz CT molecular complexity index is 271. The molecule has 1 atom stereocenters. The number of aliphatic imine (C=N–C) groups is 1. The van der Waals surface area contributed by atoms with Gasteiger partial charge in [0.15, 0.2) is 0 Å². The summed E-state index contributed by atoms with van der Waals surface area (Å²) in [6.07, 6.45) is 0.983. The van der Waals surface area contributed by atoms with Crippen LogP contribution in [0.1, 0.15) is 61.8 Å². The van der Waals surface area contributed by atoms with Crippen LogP contribution >= 0.6 is 0 Å². The molecule has 0 fully saturated rings. The van der Waals surface area contributed by atoms with E-state index in [0.717, 1.165) is 6.42 Å². The maximum atomic E-state index is 4.76. The number of nitrogens with zero attached hydrogens (tertiary/aromatic N) is 1. The molecule has 94 valence electrons. The van der Waals surface area contributed by atoms with Gasteiger partial charge >= 0.3 is 0 Å². The molecule has 0 saturated carbocycles. The van der Waals surface area contributed by atoms with E-state index in [9.17, 15) is 0 Å². The normalized spacial score (nSPS) is 16.1. The molecular weight excluding hydrogens is 194 g/mol. The van der Waals surface area contributed by atoms with Crippen LogP contribution in [0.5, 0.6) is 0 Å². The molecule has 1 nitrogen and oxygen atoms in total. The van der Waals surface area contributed by atoms with E-state index >= 15 is 0 Å². The molecule has 0 aromatic rings. The highest BCUT2D eigenvalue weighted by molar-refractivity contribution is 5.87. The number of hydrogen-bond donors (Lipinski definition) is 0. The predicted molar refractivity (Wildman–Crippen MR) is 75.2 cm³/mol. The third-order valence-corrected chi connectivity index (χ3v) is 3.10. The van der Waals surface area contributed by atoms with Crippen molar-refractivity contribution in [3.63, 3.8) is 0 Å². The lowest BCUT2D eigenvalue weighted by Gasteiger charge is -2.25. The molecule has 0 bridgehead atoms. The zero-order chi connectivity index (χ0) is 13.1. The lowest BCUT2D eigenvalue weighted by Crippen LogP contribution is -2.20. The van der Waals surface area contributed by atoms with E-state index in [2.05, 4.69) is 62.0 Å². The minimum atomic E-state index is 0.178. The zero-order valence-electron chi connectivity index (χ0n) is 12.4. The van der Waals surface area contributed by atoms with Crippen LogP contribution in [0.3, 0.4) is 0 Å². The molecule has 0 aromatic carbocycles. The Morgan fingerprint density at radius 1 is 1.06 bits per heavy atom. The Hall–Kier alpha value is -0.590. The molecule has 0 saturated heterocycles. The summed E-state index contributed by atoms with van der Waals surface area (Å²) < 4.78 is 0. The van der Waals surface area contributed by atoms with Gasteiger partial charge in [0.2, 0.25) is 0 Å². The average Bonchev–Trinajstić information content (AvgIpc) is 1.99. The van der Waals surface area contributed by atoms with Crippen molar-refractivity contribution < 1.29 is 0 Å². The second kappa shape index (κ2) is 5.16. The molecule has 0 aromatic heterocycles. The number of rotatable bonds is 3. The van der Waals surface area contributed by atoms with Crippen LogP contribution in [0.25, 0.3) is 0 Å². The summed E-state index contributed by atoms with van der Waals surface area (Å²) >= 11 is 0. The molecule has 0 aliphatic carbocycles. The first-order valence-corrected chi connectivity index (χ1v) is 6.17. The minimum absolute atomic E-state index is 0.178. The van der Waals surface area contributed by atoms with Crippen molar-refractivity contribution in [2.24, 2.45) is 15.8 Å². The van der Waals surface area contributed by atoms with Crippen molar-refractivity contribution in [3.05, 3.63) is 12.2 Å². The average molecular weight is 223 g/mol. The van der Waals surface area contributed by atoms with Gasteiger partial charge in [-0.1, -0.05) is 53.7 Å². The van der Waals surface area contributed by atoms with E-state index < -0.39 is 0 Å². The molecule has 1 heteroatoms. The summed E-state index contributed by atoms with van der Waals surface area (Å²) in [5, 5.41) is 0. The molecule has 16 heavy (non-hydrogen) atoms. The van der Waals surface area contributed by atoms with Crippen molar-refractivity contribution in [1.29, 1.82) is 0 Å². The van der Waals surface area contributed by atoms with Gasteiger partial charge in [-0.15, -0.1) is 0 Å². The maximum Gasteiger partial charge on any atom is 0.0508 e. The van der Waals surface area contributed by atoms with Crippen molar-refractivity contribution in [2.75, 3.05) is 0 Å². The largest absolute Gasteiger partial charge is 0.291 e. The van der Waals surface area contributed by atoms with Gasteiger partial charge in [0.05, 0.1) is 6.04 Å². The third-order valence-electron chi connectivity index (χ3n) is 3.10. The monoisotopic (exact) mass is 223 g/mol. The summed E-state index contributed by atoms with van der Waals surface area (Å²) in [5.41, 5.74) is 2.88. The van der Waals surface area contributed by atoms with Crippen molar-refractivity contribution in [3.8, 4) is 0 Å². The van der Waals surface area contributed by atoms with Crippen LogP contribution in [0, 0.1) is 10.8 Å². The Morgan fingerprint density at radius 2 is 1.50 bits per heavy atom. The van der Waals surface area contributed by atoms with Gasteiger partial charge in [0, 0.05) is 5.71 Å². The van der Waals surface area contributed by atoms with Gasteiger partial charge in [0.1, 0.15) is 0 Å². The fourth-order valence-electron chi connectivity index (χ4n) is 1.23. The molecule has 0 N–H and O–H groups in total. The Labute approximate surface area is 102 Å². The van der Waals surface area contributed by atoms with E-state index in [4.69, 9.17) is 4.99 Å². The quantitative estimate of drug-likeness (QED) is 0.478. The first kappa shape index (κ1) is 15.4. The van der Waals surface area contributed by atoms with Crippen LogP contribution in [-0.4, -0.2) is 11.8 Å². The van der Waals surface area contributed by atoms with E-state index in [1.54, 1.807) is 0 Å². The van der Waals surface area contributed by atoms with E-state index in [0.29, 0.717) is 6.04 Å².